The zero-order valence-electron chi connectivity index (χ0n) is 26.6. The summed E-state index contributed by atoms with van der Waals surface area (Å²) in [5, 5.41) is 7.63. The minimum Gasteiger partial charge on any atom is -0.443 e. The standard InChI is InChI=1S/C32H44N6O6/c1-31(2,3)44-30(41)36(5)27-18-26(34-24-10-8-14-37(29(24)40)22-11-15-43-16-12-22)35-28-23(20-33-38(27)28)25(39)17-21-9-7-13-32(4,19-21)42-6/h8,10,14,18,20-22H,7,9,11-13,15-17,19H2,1-6H3,(H,34,35)/t21?,32-/m1/s1. The number of ether oxygens (including phenoxy) is 3. The number of carbonyl (C=O) groups excluding carboxylic acids is 2. The van der Waals surface area contributed by atoms with E-state index in [1.165, 1.54) is 15.6 Å². The molecular weight excluding hydrogens is 564 g/mol. The van der Waals surface area contributed by atoms with Gasteiger partial charge in [-0.2, -0.15) is 9.61 Å². The Morgan fingerprint density at radius 1 is 1.23 bits per heavy atom. The van der Waals surface area contributed by atoms with Crippen LogP contribution in [0.1, 0.15) is 89.0 Å². The molecule has 1 N–H and O–H groups in total. The smallest absolute Gasteiger partial charge is 0.415 e. The van der Waals surface area contributed by atoms with E-state index in [0.717, 1.165) is 38.5 Å². The zero-order chi connectivity index (χ0) is 31.6. The summed E-state index contributed by atoms with van der Waals surface area (Å²) in [6.07, 6.45) is 8.25. The first kappa shape index (κ1) is 31.6. The normalized spacial score (nSPS) is 21.3. The fraction of sp³-hybridized carbons (Fsp3) is 0.594. The van der Waals surface area contributed by atoms with Gasteiger partial charge in [-0.15, -0.1) is 0 Å². The van der Waals surface area contributed by atoms with Crippen molar-refractivity contribution in [1.82, 2.24) is 19.2 Å². The predicted octanol–water partition coefficient (Wildman–Crippen LogP) is 5.53. The molecule has 1 amide bonds. The van der Waals surface area contributed by atoms with E-state index in [1.54, 1.807) is 57.8 Å². The number of nitrogens with zero attached hydrogens (tertiary/aromatic N) is 5. The molecule has 1 unspecified atom stereocenters. The third-order valence-corrected chi connectivity index (χ3v) is 8.59. The molecule has 12 nitrogen and oxygen atoms in total. The summed E-state index contributed by atoms with van der Waals surface area (Å²) in [7, 11) is 3.30. The molecule has 4 heterocycles. The van der Waals surface area contributed by atoms with Crippen LogP contribution in [0.25, 0.3) is 5.65 Å². The van der Waals surface area contributed by atoms with E-state index in [1.807, 2.05) is 6.07 Å². The molecule has 5 rings (SSSR count). The number of amides is 1. The topological polar surface area (TPSA) is 129 Å². The Kier molecular flexibility index (Phi) is 9.12. The van der Waals surface area contributed by atoms with E-state index in [0.29, 0.717) is 42.5 Å². The lowest BCUT2D eigenvalue weighted by Gasteiger charge is -2.36. The molecule has 2 aliphatic rings. The molecular formula is C32H44N6O6. The third kappa shape index (κ3) is 6.96. The Morgan fingerprint density at radius 2 is 1.98 bits per heavy atom. The van der Waals surface area contributed by atoms with Crippen LogP contribution in [0.3, 0.4) is 0 Å². The van der Waals surface area contributed by atoms with Gasteiger partial charge in [-0.05, 0) is 77.8 Å². The summed E-state index contributed by atoms with van der Waals surface area (Å²) >= 11 is 0. The molecule has 1 aliphatic carbocycles. The number of nitrogens with one attached hydrogen (secondary N) is 1. The number of ketones is 1. The minimum absolute atomic E-state index is 0.0427. The maximum absolute atomic E-state index is 13.7. The molecule has 0 aromatic carbocycles. The molecule has 2 fully saturated rings. The third-order valence-electron chi connectivity index (χ3n) is 8.59. The summed E-state index contributed by atoms with van der Waals surface area (Å²) < 4.78 is 20.0. The lowest BCUT2D eigenvalue weighted by molar-refractivity contribution is -0.0395. The van der Waals surface area contributed by atoms with Gasteiger partial charge in [-0.1, -0.05) is 6.42 Å². The lowest BCUT2D eigenvalue weighted by Crippen LogP contribution is -2.35. The Balaban J connectivity index is 1.51. The summed E-state index contributed by atoms with van der Waals surface area (Å²) in [6, 6.07) is 5.17. The number of pyridine rings is 1. The lowest BCUT2D eigenvalue weighted by atomic mass is 9.76. The van der Waals surface area contributed by atoms with Crippen LogP contribution in [0.2, 0.25) is 0 Å². The van der Waals surface area contributed by atoms with Crippen molar-refractivity contribution in [2.45, 2.75) is 89.9 Å². The Bertz CT molecular complexity index is 1570. The van der Waals surface area contributed by atoms with Crippen LogP contribution in [-0.2, 0) is 14.2 Å². The highest BCUT2D eigenvalue weighted by Gasteiger charge is 2.34. The number of hydrogen-bond donors (Lipinski definition) is 1. The molecule has 3 aromatic rings. The first-order valence-corrected chi connectivity index (χ1v) is 15.4. The molecule has 1 saturated heterocycles. The molecule has 0 bridgehead atoms. The van der Waals surface area contributed by atoms with Crippen molar-refractivity contribution < 1.29 is 23.8 Å². The average molecular weight is 609 g/mol. The molecule has 12 heteroatoms. The second kappa shape index (κ2) is 12.7. The molecule has 0 spiro atoms. The minimum atomic E-state index is -0.722. The van der Waals surface area contributed by atoms with Crippen LogP contribution in [0, 0.1) is 5.92 Å². The van der Waals surface area contributed by atoms with Gasteiger partial charge in [0.2, 0.25) is 0 Å². The van der Waals surface area contributed by atoms with Crippen molar-refractivity contribution in [2.24, 2.45) is 5.92 Å². The summed E-state index contributed by atoms with van der Waals surface area (Å²) in [6.45, 7) is 8.68. The second-order valence-electron chi connectivity index (χ2n) is 13.2. The number of hydrogen-bond acceptors (Lipinski definition) is 9. The highest BCUT2D eigenvalue weighted by Crippen LogP contribution is 2.37. The number of methoxy groups -OCH3 is 1. The number of carbonyl (C=O) groups is 2. The molecule has 2 atom stereocenters. The van der Waals surface area contributed by atoms with Gasteiger partial charge in [-0.25, -0.2) is 9.78 Å². The van der Waals surface area contributed by atoms with Crippen molar-refractivity contribution in [2.75, 3.05) is 37.6 Å². The van der Waals surface area contributed by atoms with Crippen molar-refractivity contribution in [3.8, 4) is 0 Å². The van der Waals surface area contributed by atoms with E-state index in [9.17, 15) is 14.4 Å². The van der Waals surface area contributed by atoms with Crippen LogP contribution in [0.5, 0.6) is 0 Å². The van der Waals surface area contributed by atoms with E-state index in [4.69, 9.17) is 19.2 Å². The second-order valence-corrected chi connectivity index (χ2v) is 13.2. The highest BCUT2D eigenvalue weighted by molar-refractivity contribution is 6.02. The fourth-order valence-electron chi connectivity index (χ4n) is 6.18. The van der Waals surface area contributed by atoms with E-state index in [2.05, 4.69) is 17.3 Å². The van der Waals surface area contributed by atoms with Gasteiger partial charge in [0.15, 0.2) is 11.4 Å². The van der Waals surface area contributed by atoms with Gasteiger partial charge < -0.3 is 24.1 Å². The van der Waals surface area contributed by atoms with Crippen molar-refractivity contribution in [3.63, 3.8) is 0 Å². The van der Waals surface area contributed by atoms with Crippen molar-refractivity contribution >= 4 is 34.8 Å². The maximum atomic E-state index is 13.7. The Labute approximate surface area is 257 Å². The molecule has 238 valence electrons. The first-order chi connectivity index (χ1) is 20.9. The maximum Gasteiger partial charge on any atom is 0.415 e. The van der Waals surface area contributed by atoms with Gasteiger partial charge >= 0.3 is 6.09 Å². The molecule has 3 aromatic heterocycles. The summed E-state index contributed by atoms with van der Waals surface area (Å²) in [5.41, 5.74) is -0.182. The predicted molar refractivity (Wildman–Crippen MR) is 167 cm³/mol. The summed E-state index contributed by atoms with van der Waals surface area (Å²) in [4.78, 5) is 46.4. The van der Waals surface area contributed by atoms with Crippen LogP contribution in [-0.4, -0.2) is 69.6 Å². The Morgan fingerprint density at radius 3 is 2.68 bits per heavy atom. The largest absolute Gasteiger partial charge is 0.443 e. The average Bonchev–Trinajstić information content (AvgIpc) is 3.41. The number of rotatable bonds is 8. The molecule has 1 aliphatic heterocycles. The van der Waals surface area contributed by atoms with E-state index >= 15 is 0 Å². The van der Waals surface area contributed by atoms with Crippen LogP contribution < -0.4 is 15.8 Å². The van der Waals surface area contributed by atoms with E-state index < -0.39 is 11.7 Å². The number of Topliss-reactive ketones (excluding diaryl/α,β-unsaturated/α-hetero) is 1. The first-order valence-electron chi connectivity index (χ1n) is 15.4. The molecule has 0 radical (unpaired) electrons. The Hall–Kier alpha value is -3.77. The van der Waals surface area contributed by atoms with Crippen molar-refractivity contribution in [3.05, 3.63) is 46.5 Å². The van der Waals surface area contributed by atoms with Gasteiger partial charge in [0.1, 0.15) is 22.9 Å². The highest BCUT2D eigenvalue weighted by atomic mass is 16.6. The SMILES string of the molecule is CO[C@]1(C)CCCC(CC(=O)c2cnn3c(N(C)C(=O)OC(C)(C)C)cc(Nc4cccn(C5CCOCC5)c4=O)nc23)C1. The van der Waals surface area contributed by atoms with Crippen LogP contribution >= 0.6 is 0 Å². The summed E-state index contributed by atoms with van der Waals surface area (Å²) in [5.74, 6) is 0.719. The molecule has 44 heavy (non-hydrogen) atoms. The van der Waals surface area contributed by atoms with Crippen LogP contribution in [0.15, 0.2) is 35.4 Å². The van der Waals surface area contributed by atoms with Gasteiger partial charge in [0.25, 0.3) is 5.56 Å². The van der Waals surface area contributed by atoms with Gasteiger partial charge in [0, 0.05) is 52.1 Å². The zero-order valence-corrected chi connectivity index (χ0v) is 26.6. The molecule has 1 saturated carbocycles. The van der Waals surface area contributed by atoms with Crippen molar-refractivity contribution in [1.29, 1.82) is 0 Å². The number of aromatic nitrogens is 4. The fourth-order valence-corrected chi connectivity index (χ4v) is 6.18. The number of fused-ring (bicyclic) bond motifs is 1. The van der Waals surface area contributed by atoms with Gasteiger partial charge in [-0.3, -0.25) is 14.5 Å². The van der Waals surface area contributed by atoms with Crippen LogP contribution in [0.4, 0.5) is 22.1 Å². The number of anilines is 3. The quantitative estimate of drug-likeness (QED) is 0.328. The van der Waals surface area contributed by atoms with E-state index in [-0.39, 0.29) is 34.6 Å². The van der Waals surface area contributed by atoms with Gasteiger partial charge in [0.05, 0.1) is 17.4 Å². The monoisotopic (exact) mass is 608 g/mol.